The van der Waals surface area contributed by atoms with E-state index in [0.717, 1.165) is 0 Å². The number of carbonyl (C=O) groups excluding carboxylic acids is 1. The van der Waals surface area contributed by atoms with Crippen molar-refractivity contribution >= 4 is 21.9 Å². The van der Waals surface area contributed by atoms with Gasteiger partial charge in [0.15, 0.2) is 5.60 Å². The fourth-order valence-electron chi connectivity index (χ4n) is 1.27. The van der Waals surface area contributed by atoms with Crippen LogP contribution in [0.2, 0.25) is 0 Å². The third kappa shape index (κ3) is 2.59. The van der Waals surface area contributed by atoms with Gasteiger partial charge in [-0.3, -0.25) is 0 Å². The van der Waals surface area contributed by atoms with Crippen LogP contribution in [0.3, 0.4) is 0 Å². The van der Waals surface area contributed by atoms with Gasteiger partial charge in [-0.1, -0.05) is 22.0 Å². The summed E-state index contributed by atoms with van der Waals surface area (Å²) in [7, 11) is 0. The van der Waals surface area contributed by atoms with Crippen LogP contribution in [-0.2, 0) is 15.1 Å². The molecule has 16 heavy (non-hydrogen) atoms. The normalized spacial score (nSPS) is 14.3. The Morgan fingerprint density at radius 3 is 2.75 bits per heavy atom. The van der Waals surface area contributed by atoms with E-state index in [4.69, 9.17) is 4.74 Å². The predicted molar refractivity (Wildman–Crippen MR) is 60.3 cm³/mol. The molecule has 1 unspecified atom stereocenters. The molecule has 88 valence electrons. The minimum atomic E-state index is -1.79. The highest BCUT2D eigenvalue weighted by molar-refractivity contribution is 9.10. The summed E-state index contributed by atoms with van der Waals surface area (Å²) in [6.45, 7) is 3.13. The lowest BCUT2D eigenvalue weighted by atomic mass is 9.96. The molecule has 0 heterocycles. The van der Waals surface area contributed by atoms with E-state index in [9.17, 15) is 14.3 Å². The van der Waals surface area contributed by atoms with Crippen molar-refractivity contribution in [2.24, 2.45) is 0 Å². The van der Waals surface area contributed by atoms with Crippen LogP contribution in [-0.4, -0.2) is 17.7 Å². The average molecular weight is 291 g/mol. The monoisotopic (exact) mass is 290 g/mol. The molecule has 0 aromatic heterocycles. The number of halogens is 2. The van der Waals surface area contributed by atoms with Crippen molar-refractivity contribution in [3.8, 4) is 0 Å². The van der Waals surface area contributed by atoms with Gasteiger partial charge in [0.1, 0.15) is 5.82 Å². The van der Waals surface area contributed by atoms with Crippen molar-refractivity contribution in [1.29, 1.82) is 0 Å². The number of benzene rings is 1. The van der Waals surface area contributed by atoms with Gasteiger partial charge in [0, 0.05) is 10.0 Å². The van der Waals surface area contributed by atoms with Crippen molar-refractivity contribution in [2.45, 2.75) is 19.4 Å². The fraction of sp³-hybridized carbons (Fsp3) is 0.364. The van der Waals surface area contributed by atoms with Crippen LogP contribution in [0.1, 0.15) is 19.4 Å². The van der Waals surface area contributed by atoms with Gasteiger partial charge in [-0.25, -0.2) is 9.18 Å². The standard InChI is InChI=1S/C11H12BrFO3/c1-3-16-10(14)11(2,15)8-5-4-7(13)6-9(8)12/h4-6,15H,3H2,1-2H3. The third-order valence-electron chi connectivity index (χ3n) is 2.13. The molecular weight excluding hydrogens is 279 g/mol. The van der Waals surface area contributed by atoms with E-state index in [1.807, 2.05) is 0 Å². The number of hydrogen-bond donors (Lipinski definition) is 1. The molecule has 0 amide bonds. The maximum absolute atomic E-state index is 12.9. The summed E-state index contributed by atoms with van der Waals surface area (Å²) in [6.07, 6.45) is 0. The number of rotatable bonds is 3. The molecule has 1 aromatic rings. The second kappa shape index (κ2) is 4.93. The molecule has 0 aliphatic rings. The van der Waals surface area contributed by atoms with Gasteiger partial charge in [0.05, 0.1) is 6.61 Å². The van der Waals surface area contributed by atoms with E-state index in [0.29, 0.717) is 4.47 Å². The van der Waals surface area contributed by atoms with Crippen molar-refractivity contribution in [3.63, 3.8) is 0 Å². The molecule has 1 rings (SSSR count). The fourth-order valence-corrected chi connectivity index (χ4v) is 2.00. The highest BCUT2D eigenvalue weighted by atomic mass is 79.9. The smallest absolute Gasteiger partial charge is 0.342 e. The molecule has 1 N–H and O–H groups in total. The summed E-state index contributed by atoms with van der Waals surface area (Å²) in [4.78, 5) is 11.5. The molecule has 0 spiro atoms. The van der Waals surface area contributed by atoms with Gasteiger partial charge in [-0.2, -0.15) is 0 Å². The number of carbonyl (C=O) groups is 1. The highest BCUT2D eigenvalue weighted by Gasteiger charge is 2.35. The molecule has 0 saturated carbocycles. The lowest BCUT2D eigenvalue weighted by Gasteiger charge is -2.22. The van der Waals surface area contributed by atoms with Crippen LogP contribution < -0.4 is 0 Å². The summed E-state index contributed by atoms with van der Waals surface area (Å²) < 4.78 is 17.9. The zero-order chi connectivity index (χ0) is 12.3. The number of aliphatic hydroxyl groups is 1. The molecule has 5 heteroatoms. The second-order valence-corrected chi connectivity index (χ2v) is 4.27. The van der Waals surface area contributed by atoms with Gasteiger partial charge in [-0.15, -0.1) is 0 Å². The summed E-state index contributed by atoms with van der Waals surface area (Å²) in [5, 5.41) is 10.0. The molecule has 1 aromatic carbocycles. The molecular formula is C11H12BrFO3. The molecule has 0 fully saturated rings. The quantitative estimate of drug-likeness (QED) is 0.870. The molecule has 3 nitrogen and oxygen atoms in total. The summed E-state index contributed by atoms with van der Waals surface area (Å²) >= 11 is 3.09. The van der Waals surface area contributed by atoms with Crippen LogP contribution >= 0.6 is 15.9 Å². The minimum Gasteiger partial charge on any atom is -0.464 e. The topological polar surface area (TPSA) is 46.5 Å². The molecule has 0 bridgehead atoms. The van der Waals surface area contributed by atoms with Gasteiger partial charge in [0.25, 0.3) is 0 Å². The summed E-state index contributed by atoms with van der Waals surface area (Å²) in [5.74, 6) is -1.21. The van der Waals surface area contributed by atoms with E-state index in [2.05, 4.69) is 15.9 Å². The van der Waals surface area contributed by atoms with E-state index >= 15 is 0 Å². The molecule has 0 aliphatic carbocycles. The first-order valence-electron chi connectivity index (χ1n) is 4.74. The highest BCUT2D eigenvalue weighted by Crippen LogP contribution is 2.29. The first-order chi connectivity index (χ1) is 7.39. The SMILES string of the molecule is CCOC(=O)C(C)(O)c1ccc(F)cc1Br. The maximum atomic E-state index is 12.9. The lowest BCUT2D eigenvalue weighted by Crippen LogP contribution is -2.34. The van der Waals surface area contributed by atoms with Crippen molar-refractivity contribution in [3.05, 3.63) is 34.1 Å². The van der Waals surface area contributed by atoms with Crippen molar-refractivity contribution < 1.29 is 19.0 Å². The summed E-state index contributed by atoms with van der Waals surface area (Å²) in [5.41, 5.74) is -1.52. The van der Waals surface area contributed by atoms with Crippen LogP contribution in [0.4, 0.5) is 4.39 Å². The molecule has 1 atom stereocenters. The van der Waals surface area contributed by atoms with Gasteiger partial charge in [0.2, 0.25) is 0 Å². The largest absolute Gasteiger partial charge is 0.464 e. The zero-order valence-corrected chi connectivity index (χ0v) is 10.5. The zero-order valence-electron chi connectivity index (χ0n) is 8.96. The Hall–Kier alpha value is -0.940. The van der Waals surface area contributed by atoms with Crippen LogP contribution in [0.25, 0.3) is 0 Å². The first-order valence-corrected chi connectivity index (χ1v) is 5.54. The number of hydrogen-bond acceptors (Lipinski definition) is 3. The Balaban J connectivity index is 3.11. The third-order valence-corrected chi connectivity index (χ3v) is 2.78. The van der Waals surface area contributed by atoms with Crippen LogP contribution in [0, 0.1) is 5.82 Å². The Bertz CT molecular complexity index is 404. The van der Waals surface area contributed by atoms with E-state index < -0.39 is 17.4 Å². The second-order valence-electron chi connectivity index (χ2n) is 3.42. The van der Waals surface area contributed by atoms with Crippen molar-refractivity contribution in [2.75, 3.05) is 6.61 Å². The minimum absolute atomic E-state index is 0.174. The summed E-state index contributed by atoms with van der Waals surface area (Å²) in [6, 6.07) is 3.70. The Kier molecular flexibility index (Phi) is 4.04. The Labute approximate surface area is 101 Å². The van der Waals surface area contributed by atoms with Crippen molar-refractivity contribution in [1.82, 2.24) is 0 Å². The molecule has 0 saturated heterocycles. The van der Waals surface area contributed by atoms with Gasteiger partial charge < -0.3 is 9.84 Å². The van der Waals surface area contributed by atoms with E-state index in [1.54, 1.807) is 6.92 Å². The maximum Gasteiger partial charge on any atom is 0.342 e. The Morgan fingerprint density at radius 2 is 2.25 bits per heavy atom. The van der Waals surface area contributed by atoms with Crippen LogP contribution in [0.5, 0.6) is 0 Å². The average Bonchev–Trinajstić information content (AvgIpc) is 2.17. The Morgan fingerprint density at radius 1 is 1.62 bits per heavy atom. The predicted octanol–water partition coefficient (Wildman–Crippen LogP) is 2.36. The first kappa shape index (κ1) is 13.1. The molecule has 0 aliphatic heterocycles. The van der Waals surface area contributed by atoms with Gasteiger partial charge in [-0.05, 0) is 26.0 Å². The van der Waals surface area contributed by atoms with Gasteiger partial charge >= 0.3 is 5.97 Å². The lowest BCUT2D eigenvalue weighted by molar-refractivity contribution is -0.164. The molecule has 0 radical (unpaired) electrons. The number of esters is 1. The number of ether oxygens (including phenoxy) is 1. The van der Waals surface area contributed by atoms with E-state index in [-0.39, 0.29) is 12.2 Å². The van der Waals surface area contributed by atoms with E-state index in [1.165, 1.54) is 25.1 Å². The van der Waals surface area contributed by atoms with Crippen LogP contribution in [0.15, 0.2) is 22.7 Å².